The molecule has 6 nitrogen and oxygen atoms in total. The number of fused-ring (bicyclic) bond motifs is 6. The largest absolute Gasteiger partial charge is 0.456 e. The Labute approximate surface area is 268 Å². The van der Waals surface area contributed by atoms with Crippen molar-refractivity contribution in [2.24, 2.45) is 14.1 Å². The fourth-order valence-corrected chi connectivity index (χ4v) is 7.17. The molecular formula is C40H37N5O+2. The fraction of sp³-hybridized carbons (Fsp3) is 0.175. The SMILES string of the molecule is Cc1c(Oc2ccc3c4cccnc4n(-c4c(C(C)C)ccc[n+]4C)c3c2C)ccc2c3ccccc3n(-c3cccc[n+]3C)c12. The van der Waals surface area contributed by atoms with Crippen LogP contribution in [0, 0.1) is 13.8 Å². The molecule has 8 rings (SSSR count). The molecule has 0 fully saturated rings. The van der Waals surface area contributed by atoms with Crippen LogP contribution < -0.4 is 13.9 Å². The van der Waals surface area contributed by atoms with E-state index in [2.05, 4.69) is 157 Å². The molecule has 0 atom stereocenters. The Morgan fingerprint density at radius 3 is 2.02 bits per heavy atom. The predicted molar refractivity (Wildman–Crippen MR) is 185 cm³/mol. The molecule has 0 aliphatic rings. The van der Waals surface area contributed by atoms with Gasteiger partial charge < -0.3 is 4.74 Å². The summed E-state index contributed by atoms with van der Waals surface area (Å²) in [4.78, 5) is 4.91. The molecule has 0 N–H and O–H groups in total. The van der Waals surface area contributed by atoms with E-state index in [1.165, 1.54) is 21.9 Å². The Morgan fingerprint density at radius 1 is 0.630 bits per heavy atom. The monoisotopic (exact) mass is 603 g/mol. The number of nitrogens with zero attached hydrogens (tertiary/aromatic N) is 5. The third kappa shape index (κ3) is 4.06. The highest BCUT2D eigenvalue weighted by molar-refractivity contribution is 6.11. The Morgan fingerprint density at radius 2 is 1.28 bits per heavy atom. The number of aromatic nitrogens is 5. The van der Waals surface area contributed by atoms with Crippen LogP contribution in [0.25, 0.3) is 55.4 Å². The van der Waals surface area contributed by atoms with Gasteiger partial charge in [0.05, 0.1) is 31.9 Å². The second-order valence-corrected chi connectivity index (χ2v) is 12.6. The first-order chi connectivity index (χ1) is 22.3. The number of rotatable bonds is 5. The molecule has 0 saturated heterocycles. The summed E-state index contributed by atoms with van der Waals surface area (Å²) in [5.41, 5.74) is 7.81. The van der Waals surface area contributed by atoms with Crippen molar-refractivity contribution in [1.29, 1.82) is 0 Å². The molecule has 0 amide bonds. The van der Waals surface area contributed by atoms with E-state index >= 15 is 0 Å². The average molecular weight is 604 g/mol. The maximum absolute atomic E-state index is 6.91. The predicted octanol–water partition coefficient (Wildman–Crippen LogP) is 8.46. The first kappa shape index (κ1) is 28.0. The smallest absolute Gasteiger partial charge is 0.291 e. The fourth-order valence-electron chi connectivity index (χ4n) is 7.17. The van der Waals surface area contributed by atoms with Crippen molar-refractivity contribution in [2.75, 3.05) is 0 Å². The highest BCUT2D eigenvalue weighted by Crippen LogP contribution is 2.41. The van der Waals surface area contributed by atoms with Crippen molar-refractivity contribution in [3.63, 3.8) is 0 Å². The second kappa shape index (κ2) is 10.6. The number of ether oxygens (including phenoxy) is 1. The molecule has 5 aromatic heterocycles. The summed E-state index contributed by atoms with van der Waals surface area (Å²) in [6.45, 7) is 8.83. The number of aryl methyl sites for hydroxylation is 4. The molecule has 0 unspecified atom stereocenters. The highest BCUT2D eigenvalue weighted by atomic mass is 16.5. The summed E-state index contributed by atoms with van der Waals surface area (Å²) in [6, 6.07) is 32.1. The number of hydrogen-bond donors (Lipinski definition) is 0. The van der Waals surface area contributed by atoms with Crippen molar-refractivity contribution in [2.45, 2.75) is 33.6 Å². The van der Waals surface area contributed by atoms with Crippen molar-refractivity contribution < 1.29 is 13.9 Å². The van der Waals surface area contributed by atoms with Gasteiger partial charge in [-0.1, -0.05) is 32.0 Å². The van der Waals surface area contributed by atoms with Gasteiger partial charge in [0.1, 0.15) is 28.0 Å². The van der Waals surface area contributed by atoms with Crippen LogP contribution in [0.15, 0.2) is 110 Å². The minimum absolute atomic E-state index is 0.339. The van der Waals surface area contributed by atoms with Gasteiger partial charge in [-0.2, -0.15) is 9.13 Å². The standard InChI is InChI=1S/C40H37N5O/c1-25(2)28-15-12-24-43(6)40(28)45-38-27(4)35(21-19-31(38)32-14-11-22-41-39(32)45)46-34-20-18-30-29-13-7-8-16-33(29)44(37(30)26(34)3)36-17-9-10-23-42(36)5/h7-25H,1-6H3/q+2. The lowest BCUT2D eigenvalue weighted by Gasteiger charge is -2.14. The van der Waals surface area contributed by atoms with Gasteiger partial charge in [-0.25, -0.2) is 14.1 Å². The van der Waals surface area contributed by atoms with E-state index in [1.807, 2.05) is 12.3 Å². The zero-order chi connectivity index (χ0) is 31.7. The molecule has 6 heteroatoms. The molecule has 0 aliphatic carbocycles. The van der Waals surface area contributed by atoms with E-state index in [1.54, 1.807) is 0 Å². The summed E-state index contributed by atoms with van der Waals surface area (Å²) in [5, 5.41) is 4.72. The maximum Gasteiger partial charge on any atom is 0.291 e. The van der Waals surface area contributed by atoms with E-state index < -0.39 is 0 Å². The number of para-hydroxylation sites is 1. The Bertz CT molecular complexity index is 2480. The summed E-state index contributed by atoms with van der Waals surface area (Å²) in [5.74, 6) is 4.23. The van der Waals surface area contributed by atoms with Gasteiger partial charge in [0.15, 0.2) is 0 Å². The van der Waals surface area contributed by atoms with Crippen molar-refractivity contribution in [3.05, 3.63) is 126 Å². The first-order valence-electron chi connectivity index (χ1n) is 15.9. The lowest BCUT2D eigenvalue weighted by molar-refractivity contribution is -0.665. The van der Waals surface area contributed by atoms with E-state index in [0.29, 0.717) is 5.92 Å². The number of pyridine rings is 3. The zero-order valence-corrected chi connectivity index (χ0v) is 27.1. The van der Waals surface area contributed by atoms with Crippen LogP contribution in [0.4, 0.5) is 0 Å². The Kier molecular flexibility index (Phi) is 6.43. The quantitative estimate of drug-likeness (QED) is 0.185. The van der Waals surface area contributed by atoms with Crippen molar-refractivity contribution in [1.82, 2.24) is 14.1 Å². The van der Waals surface area contributed by atoms with Crippen LogP contribution >= 0.6 is 0 Å². The van der Waals surface area contributed by atoms with Gasteiger partial charge in [-0.05, 0) is 86.5 Å². The number of benzene rings is 3. The molecule has 0 spiro atoms. The molecule has 8 aromatic rings. The van der Waals surface area contributed by atoms with Crippen molar-refractivity contribution >= 4 is 43.7 Å². The molecule has 46 heavy (non-hydrogen) atoms. The second-order valence-electron chi connectivity index (χ2n) is 12.6. The van der Waals surface area contributed by atoms with E-state index in [0.717, 1.165) is 61.7 Å². The normalized spacial score (nSPS) is 11.9. The van der Waals surface area contributed by atoms with Gasteiger partial charge in [0.2, 0.25) is 5.65 Å². The third-order valence-corrected chi connectivity index (χ3v) is 9.42. The Balaban J connectivity index is 1.37. The topological polar surface area (TPSA) is 39.7 Å². The minimum atomic E-state index is 0.339. The molecule has 3 aromatic carbocycles. The highest BCUT2D eigenvalue weighted by Gasteiger charge is 2.29. The van der Waals surface area contributed by atoms with Crippen LogP contribution in [0.5, 0.6) is 11.5 Å². The third-order valence-electron chi connectivity index (χ3n) is 9.42. The van der Waals surface area contributed by atoms with E-state index in [9.17, 15) is 0 Å². The summed E-state index contributed by atoms with van der Waals surface area (Å²) in [6.07, 6.45) is 6.09. The molecule has 226 valence electrons. The van der Waals surface area contributed by atoms with Gasteiger partial charge in [0.25, 0.3) is 11.6 Å². The van der Waals surface area contributed by atoms with Crippen molar-refractivity contribution in [3.8, 4) is 23.1 Å². The Hall–Kier alpha value is -5.49. The van der Waals surface area contributed by atoms with Crippen LogP contribution in [0.1, 0.15) is 36.5 Å². The first-order valence-corrected chi connectivity index (χ1v) is 15.9. The van der Waals surface area contributed by atoms with Gasteiger partial charge >= 0.3 is 0 Å². The molecule has 0 aliphatic heterocycles. The molecule has 0 radical (unpaired) electrons. The zero-order valence-electron chi connectivity index (χ0n) is 27.1. The molecular weight excluding hydrogens is 566 g/mol. The summed E-state index contributed by atoms with van der Waals surface area (Å²) < 4.78 is 16.0. The van der Waals surface area contributed by atoms with Gasteiger partial charge in [-0.3, -0.25) is 0 Å². The summed E-state index contributed by atoms with van der Waals surface area (Å²) >= 11 is 0. The van der Waals surface area contributed by atoms with E-state index in [4.69, 9.17) is 9.72 Å². The number of hydrogen-bond acceptors (Lipinski definition) is 2. The maximum atomic E-state index is 6.91. The summed E-state index contributed by atoms with van der Waals surface area (Å²) in [7, 11) is 4.21. The van der Waals surface area contributed by atoms with Gasteiger partial charge in [-0.15, -0.1) is 0 Å². The van der Waals surface area contributed by atoms with E-state index in [-0.39, 0.29) is 0 Å². The molecule has 0 bridgehead atoms. The lowest BCUT2D eigenvalue weighted by Crippen LogP contribution is -2.35. The molecule has 0 saturated carbocycles. The average Bonchev–Trinajstić information content (AvgIpc) is 3.57. The minimum Gasteiger partial charge on any atom is -0.456 e. The van der Waals surface area contributed by atoms with Crippen LogP contribution in [0.3, 0.4) is 0 Å². The van der Waals surface area contributed by atoms with Crippen LogP contribution in [0.2, 0.25) is 0 Å². The van der Waals surface area contributed by atoms with Crippen LogP contribution in [-0.4, -0.2) is 14.1 Å². The van der Waals surface area contributed by atoms with Crippen LogP contribution in [-0.2, 0) is 14.1 Å². The lowest BCUT2D eigenvalue weighted by atomic mass is 10.0. The van der Waals surface area contributed by atoms with Gasteiger partial charge in [0, 0.05) is 45.1 Å². The molecule has 5 heterocycles.